The van der Waals surface area contributed by atoms with E-state index in [2.05, 4.69) is 9.88 Å². The fourth-order valence-electron chi connectivity index (χ4n) is 2.43. The van der Waals surface area contributed by atoms with Gasteiger partial charge in [-0.05, 0) is 36.2 Å². The van der Waals surface area contributed by atoms with E-state index in [0.29, 0.717) is 5.56 Å². The van der Waals surface area contributed by atoms with E-state index in [1.165, 1.54) is 5.56 Å². The molecule has 1 aliphatic rings. The molecule has 19 heavy (non-hydrogen) atoms. The lowest BCUT2D eigenvalue weighted by molar-refractivity contribution is 0.0697. The van der Waals surface area contributed by atoms with Crippen LogP contribution in [0.3, 0.4) is 0 Å². The van der Waals surface area contributed by atoms with Gasteiger partial charge in [0, 0.05) is 18.4 Å². The number of carboxylic acids is 1. The lowest BCUT2D eigenvalue weighted by atomic mass is 10.1. The predicted octanol–water partition coefficient (Wildman–Crippen LogP) is 2.34. The van der Waals surface area contributed by atoms with Crippen molar-refractivity contribution in [1.29, 1.82) is 0 Å². The van der Waals surface area contributed by atoms with Gasteiger partial charge in [-0.25, -0.2) is 4.79 Å². The summed E-state index contributed by atoms with van der Waals surface area (Å²) in [5, 5.41) is 9.06. The largest absolute Gasteiger partial charge is 0.478 e. The molecule has 0 atom stereocenters. The van der Waals surface area contributed by atoms with Crippen LogP contribution in [0.5, 0.6) is 0 Å². The van der Waals surface area contributed by atoms with Gasteiger partial charge in [-0.2, -0.15) is 0 Å². The average molecular weight is 254 g/mol. The molecule has 0 amide bonds. The first-order chi connectivity index (χ1) is 9.24. The number of nitrogens with zero attached hydrogens (tertiary/aromatic N) is 2. The van der Waals surface area contributed by atoms with Gasteiger partial charge >= 0.3 is 5.97 Å². The Morgan fingerprint density at radius 1 is 1.32 bits per heavy atom. The van der Waals surface area contributed by atoms with Gasteiger partial charge < -0.3 is 10.0 Å². The number of hydrogen-bond acceptors (Lipinski definition) is 3. The minimum Gasteiger partial charge on any atom is -0.478 e. The first kappa shape index (κ1) is 11.7. The summed E-state index contributed by atoms with van der Waals surface area (Å²) in [7, 11) is 0. The molecule has 0 unspecified atom stereocenters. The second-order valence-corrected chi connectivity index (χ2v) is 4.64. The third-order valence-electron chi connectivity index (χ3n) is 3.40. The van der Waals surface area contributed by atoms with Crippen molar-refractivity contribution in [2.75, 3.05) is 11.4 Å². The molecule has 0 saturated heterocycles. The molecule has 0 fully saturated rings. The molecule has 3 rings (SSSR count). The number of carbonyl (C=O) groups is 1. The van der Waals surface area contributed by atoms with Crippen molar-refractivity contribution in [1.82, 2.24) is 4.98 Å². The van der Waals surface area contributed by atoms with E-state index in [0.717, 1.165) is 30.9 Å². The second-order valence-electron chi connectivity index (χ2n) is 4.64. The number of rotatable bonds is 3. The number of benzene rings is 1. The molecule has 4 nitrogen and oxygen atoms in total. The van der Waals surface area contributed by atoms with E-state index in [9.17, 15) is 4.79 Å². The van der Waals surface area contributed by atoms with Gasteiger partial charge in [-0.1, -0.05) is 12.1 Å². The minimum absolute atomic E-state index is 0.340. The standard InChI is InChI=1S/C15H14N2O2/c18-15(19)12-5-4-11-6-8-17(14(11)9-12)10-13-3-1-2-7-16-13/h1-5,7,9H,6,8,10H2,(H,18,19). The van der Waals surface area contributed by atoms with E-state index >= 15 is 0 Å². The molecule has 0 aliphatic carbocycles. The Labute approximate surface area is 111 Å². The summed E-state index contributed by atoms with van der Waals surface area (Å²) in [5.74, 6) is -0.882. The van der Waals surface area contributed by atoms with E-state index in [4.69, 9.17) is 5.11 Å². The lowest BCUT2D eigenvalue weighted by Gasteiger charge is -2.19. The number of pyridine rings is 1. The molecule has 2 heterocycles. The van der Waals surface area contributed by atoms with Crippen molar-refractivity contribution in [3.63, 3.8) is 0 Å². The number of carboxylic acid groups (broad SMARTS) is 1. The van der Waals surface area contributed by atoms with Crippen LogP contribution in [0.2, 0.25) is 0 Å². The molecule has 0 spiro atoms. The predicted molar refractivity (Wildman–Crippen MR) is 72.4 cm³/mol. The Morgan fingerprint density at radius 2 is 2.21 bits per heavy atom. The maximum atomic E-state index is 11.0. The number of aromatic carboxylic acids is 1. The molecule has 4 heteroatoms. The van der Waals surface area contributed by atoms with Gasteiger partial charge in [0.05, 0.1) is 17.8 Å². The molecule has 0 radical (unpaired) electrons. The number of aromatic nitrogens is 1. The van der Waals surface area contributed by atoms with E-state index in [1.54, 1.807) is 18.3 Å². The first-order valence-corrected chi connectivity index (χ1v) is 6.25. The lowest BCUT2D eigenvalue weighted by Crippen LogP contribution is -2.20. The minimum atomic E-state index is -0.882. The van der Waals surface area contributed by atoms with Crippen LogP contribution in [0.15, 0.2) is 42.6 Å². The second kappa shape index (κ2) is 4.72. The van der Waals surface area contributed by atoms with Gasteiger partial charge in [0.1, 0.15) is 0 Å². The van der Waals surface area contributed by atoms with Crippen molar-refractivity contribution < 1.29 is 9.90 Å². The molecule has 1 N–H and O–H groups in total. The molecule has 2 aromatic rings. The molecule has 1 aromatic carbocycles. The van der Waals surface area contributed by atoms with Crippen LogP contribution in [0.1, 0.15) is 21.6 Å². The van der Waals surface area contributed by atoms with Crippen LogP contribution >= 0.6 is 0 Å². The fraction of sp³-hybridized carbons (Fsp3) is 0.200. The Hall–Kier alpha value is -2.36. The maximum absolute atomic E-state index is 11.0. The number of anilines is 1. The summed E-state index contributed by atoms with van der Waals surface area (Å²) in [6.07, 6.45) is 2.74. The van der Waals surface area contributed by atoms with Crippen molar-refractivity contribution in [3.8, 4) is 0 Å². The van der Waals surface area contributed by atoms with Gasteiger partial charge in [0.25, 0.3) is 0 Å². The summed E-state index contributed by atoms with van der Waals surface area (Å²) in [6.45, 7) is 1.63. The van der Waals surface area contributed by atoms with Crippen LogP contribution in [0.4, 0.5) is 5.69 Å². The van der Waals surface area contributed by atoms with Crippen LogP contribution in [0.25, 0.3) is 0 Å². The summed E-state index contributed by atoms with van der Waals surface area (Å²) in [5.41, 5.74) is 3.56. The summed E-state index contributed by atoms with van der Waals surface area (Å²) < 4.78 is 0. The van der Waals surface area contributed by atoms with Gasteiger partial charge in [-0.15, -0.1) is 0 Å². The van der Waals surface area contributed by atoms with Crippen molar-refractivity contribution in [2.45, 2.75) is 13.0 Å². The highest BCUT2D eigenvalue weighted by atomic mass is 16.4. The molecule has 96 valence electrons. The Morgan fingerprint density at radius 3 is 2.95 bits per heavy atom. The highest BCUT2D eigenvalue weighted by Gasteiger charge is 2.20. The van der Waals surface area contributed by atoms with Crippen molar-refractivity contribution in [2.24, 2.45) is 0 Å². The molecule has 0 saturated carbocycles. The normalized spacial score (nSPS) is 13.4. The zero-order valence-corrected chi connectivity index (χ0v) is 10.4. The Balaban J connectivity index is 1.88. The fourth-order valence-corrected chi connectivity index (χ4v) is 2.43. The zero-order valence-electron chi connectivity index (χ0n) is 10.4. The highest BCUT2D eigenvalue weighted by Crippen LogP contribution is 2.30. The Kier molecular flexibility index (Phi) is 2.91. The number of fused-ring (bicyclic) bond motifs is 1. The smallest absolute Gasteiger partial charge is 0.335 e. The molecular weight excluding hydrogens is 240 g/mol. The van der Waals surface area contributed by atoms with E-state index < -0.39 is 5.97 Å². The Bertz CT molecular complexity index is 611. The van der Waals surface area contributed by atoms with Gasteiger partial charge in [0.15, 0.2) is 0 Å². The van der Waals surface area contributed by atoms with Crippen LogP contribution in [-0.4, -0.2) is 22.6 Å². The molecule has 0 bridgehead atoms. The van der Waals surface area contributed by atoms with E-state index in [1.807, 2.05) is 24.3 Å². The maximum Gasteiger partial charge on any atom is 0.335 e. The molecular formula is C15H14N2O2. The average Bonchev–Trinajstić information content (AvgIpc) is 2.82. The van der Waals surface area contributed by atoms with Crippen LogP contribution in [0, 0.1) is 0 Å². The van der Waals surface area contributed by atoms with Crippen molar-refractivity contribution in [3.05, 3.63) is 59.4 Å². The highest BCUT2D eigenvalue weighted by molar-refractivity contribution is 5.89. The van der Waals surface area contributed by atoms with Crippen LogP contribution in [-0.2, 0) is 13.0 Å². The number of hydrogen-bond donors (Lipinski definition) is 1. The molecule has 1 aliphatic heterocycles. The summed E-state index contributed by atoms with van der Waals surface area (Å²) in [6, 6.07) is 11.2. The SMILES string of the molecule is O=C(O)c1ccc2c(c1)N(Cc1ccccn1)CC2. The topological polar surface area (TPSA) is 53.4 Å². The molecule has 1 aromatic heterocycles. The third-order valence-corrected chi connectivity index (χ3v) is 3.40. The third kappa shape index (κ3) is 2.29. The van der Waals surface area contributed by atoms with E-state index in [-0.39, 0.29) is 0 Å². The zero-order chi connectivity index (χ0) is 13.2. The van der Waals surface area contributed by atoms with Gasteiger partial charge in [-0.3, -0.25) is 4.98 Å². The van der Waals surface area contributed by atoms with Crippen LogP contribution < -0.4 is 4.90 Å². The summed E-state index contributed by atoms with van der Waals surface area (Å²) >= 11 is 0. The monoisotopic (exact) mass is 254 g/mol. The quantitative estimate of drug-likeness (QED) is 0.913. The summed E-state index contributed by atoms with van der Waals surface area (Å²) in [4.78, 5) is 17.5. The van der Waals surface area contributed by atoms with Crippen molar-refractivity contribution >= 4 is 11.7 Å². The van der Waals surface area contributed by atoms with Gasteiger partial charge in [0.2, 0.25) is 0 Å². The first-order valence-electron chi connectivity index (χ1n) is 6.25.